The summed E-state index contributed by atoms with van der Waals surface area (Å²) in [6, 6.07) is 27.2. The Labute approximate surface area is 533 Å². The van der Waals surface area contributed by atoms with E-state index in [1.54, 1.807) is 0 Å². The molecular formula is C83H157N. The molecule has 1 aromatic heterocycles. The van der Waals surface area contributed by atoms with Gasteiger partial charge in [0.05, 0.1) is 0 Å². The summed E-state index contributed by atoms with van der Waals surface area (Å²) < 4.78 is 0. The molecule has 0 aliphatic heterocycles. The molecule has 1 nitrogen and oxygen atoms in total. The molecule has 0 saturated heterocycles. The number of nitrogens with zero attached hydrogens (tertiary/aromatic N) is 1. The Kier molecular flexibility index (Phi) is 44.5. The van der Waals surface area contributed by atoms with Crippen molar-refractivity contribution in [1.29, 1.82) is 0 Å². The molecule has 4 aliphatic carbocycles. The van der Waals surface area contributed by atoms with Crippen LogP contribution in [0.5, 0.6) is 0 Å². The molecule has 0 N–H and O–H groups in total. The van der Waals surface area contributed by atoms with E-state index in [-0.39, 0.29) is 5.41 Å². The number of hydrogen-bond donors (Lipinski definition) is 0. The summed E-state index contributed by atoms with van der Waals surface area (Å²) in [6.45, 7) is 78.9. The monoisotopic (exact) mass is 1170 g/mol. The van der Waals surface area contributed by atoms with Crippen molar-refractivity contribution >= 4 is 0 Å². The minimum absolute atomic E-state index is 0.182. The molecule has 0 unspecified atom stereocenters. The molecule has 1 heteroatoms. The minimum Gasteiger partial charge on any atom is -0.261 e. The van der Waals surface area contributed by atoms with Gasteiger partial charge in [0, 0.05) is 17.3 Å². The van der Waals surface area contributed by atoms with Crippen molar-refractivity contribution in [2.45, 2.75) is 356 Å². The molecule has 0 bridgehead atoms. The lowest BCUT2D eigenvalue weighted by molar-refractivity contribution is 0.141. The Morgan fingerprint density at radius 3 is 0.833 bits per heavy atom. The third-order valence-corrected chi connectivity index (χ3v) is 16.9. The molecule has 0 spiro atoms. The van der Waals surface area contributed by atoms with Gasteiger partial charge in [-0.1, -0.05) is 348 Å². The van der Waals surface area contributed by atoms with E-state index in [2.05, 4.69) is 286 Å². The summed E-state index contributed by atoms with van der Waals surface area (Å²) in [4.78, 5) is 4.25. The van der Waals surface area contributed by atoms with Crippen molar-refractivity contribution in [3.8, 4) is 0 Å². The highest BCUT2D eigenvalue weighted by Gasteiger charge is 2.33. The van der Waals surface area contributed by atoms with Crippen LogP contribution >= 0.6 is 0 Å². The molecule has 0 amide bonds. The van der Waals surface area contributed by atoms with Crippen LogP contribution in [0.1, 0.15) is 355 Å². The first kappa shape index (κ1) is 88.0. The molecule has 4 saturated carbocycles. The van der Waals surface area contributed by atoms with Gasteiger partial charge in [-0.2, -0.15) is 0 Å². The zero-order chi connectivity index (χ0) is 66.6. The van der Waals surface area contributed by atoms with Gasteiger partial charge >= 0.3 is 0 Å². The van der Waals surface area contributed by atoms with Gasteiger partial charge in [-0.15, -0.1) is 0 Å². The van der Waals surface area contributed by atoms with Crippen LogP contribution in [0.2, 0.25) is 0 Å². The third-order valence-electron chi connectivity index (χ3n) is 16.9. The Balaban J connectivity index is -0.000000427. The first-order valence-electron chi connectivity index (χ1n) is 35.1. The van der Waals surface area contributed by atoms with E-state index in [0.29, 0.717) is 43.3 Å². The van der Waals surface area contributed by atoms with Crippen LogP contribution in [0.15, 0.2) is 85.1 Å². The van der Waals surface area contributed by atoms with Crippen LogP contribution in [0, 0.1) is 73.4 Å². The van der Waals surface area contributed by atoms with E-state index < -0.39 is 0 Å². The maximum absolute atomic E-state index is 4.25. The maximum atomic E-state index is 4.25. The van der Waals surface area contributed by atoms with Gasteiger partial charge in [-0.25, -0.2) is 0 Å². The maximum Gasteiger partial charge on any atom is 0.0457 e. The standard InChI is InChI=1S/C11H16.C10H20.C10H14.C9H13N.C9H18.C8H16.C8H18.C7H14.C7H16.2C2H6/c1-11(2,3)9-10-7-5-4-6-8-10;2*1-10(2,3)9-7-5-4-6-8-9;1-9(2,3)8-6-4-5-7-10-8;1-9(2,3)8-6-4-5-7-8;1-8(2,3)7-5-4-6-7;1-7(2)6-8(3,4)5;1-7(2,3)6-4-5-6;1-6(2)7(3,4)5;2*1-2/h4-8H,9H2,1-3H3;9H,4-8H2,1-3H3;4-8H,1-3H3;4-7H,1-3H3;8H,4-7H2,1-3H3;7H,4-6H2,1-3H3;7H,6H2,1-5H3;6H,4-5H2,1-3H3;6H,1-5H3;2*1-2H3. The van der Waals surface area contributed by atoms with Crippen LogP contribution < -0.4 is 0 Å². The molecular weight excluding hydrogens is 1010 g/mol. The van der Waals surface area contributed by atoms with Crippen LogP contribution in [0.4, 0.5) is 0 Å². The Morgan fingerprint density at radius 2 is 0.667 bits per heavy atom. The van der Waals surface area contributed by atoms with Crippen molar-refractivity contribution in [3.63, 3.8) is 0 Å². The first-order chi connectivity index (χ1) is 38.1. The summed E-state index contributed by atoms with van der Waals surface area (Å²) in [5, 5.41) is 0. The average Bonchev–Trinajstić information content (AvgIpc) is 4.06. The molecule has 7 rings (SSSR count). The zero-order valence-electron chi connectivity index (χ0n) is 64.3. The van der Waals surface area contributed by atoms with Crippen molar-refractivity contribution in [2.24, 2.45) is 73.4 Å². The summed E-state index contributed by atoms with van der Waals surface area (Å²) >= 11 is 0. The zero-order valence-corrected chi connectivity index (χ0v) is 64.3. The average molecular weight is 1170 g/mol. The number of aromatic nitrogens is 1. The van der Waals surface area contributed by atoms with E-state index in [4.69, 9.17) is 0 Å². The molecule has 84 heavy (non-hydrogen) atoms. The molecule has 3 aromatic rings. The molecule has 494 valence electrons. The van der Waals surface area contributed by atoms with E-state index >= 15 is 0 Å². The lowest BCUT2D eigenvalue weighted by Crippen LogP contribution is -2.26. The predicted octanol–water partition coefficient (Wildman–Crippen LogP) is 28.6. The van der Waals surface area contributed by atoms with Crippen LogP contribution in [0.25, 0.3) is 0 Å². The SMILES string of the molecule is CC.CC.CC(C)(C)C1CC1.CC(C)(C)C1CCC1.CC(C)(C)C1CCCC1.CC(C)(C)C1CCCCC1.CC(C)(C)Cc1ccccc1.CC(C)(C)c1ccccc1.CC(C)(C)c1ccccn1.CC(C)C(C)(C)C.CC(C)CC(C)(C)C. The smallest absolute Gasteiger partial charge is 0.0457 e. The second kappa shape index (κ2) is 42.5. The Hall–Kier alpha value is -2.41. The highest BCUT2D eigenvalue weighted by Crippen LogP contribution is 2.45. The van der Waals surface area contributed by atoms with Gasteiger partial charge in [0.15, 0.2) is 0 Å². The van der Waals surface area contributed by atoms with Gasteiger partial charge in [0.25, 0.3) is 0 Å². The van der Waals surface area contributed by atoms with Gasteiger partial charge in [0.1, 0.15) is 0 Å². The molecule has 4 aliphatic rings. The lowest BCUT2D eigenvalue weighted by atomic mass is 9.69. The van der Waals surface area contributed by atoms with Crippen molar-refractivity contribution in [1.82, 2.24) is 4.98 Å². The summed E-state index contributed by atoms with van der Waals surface area (Å²) in [6.07, 6.45) is 25.0. The summed E-state index contributed by atoms with van der Waals surface area (Å²) in [5.74, 6) is 5.73. The second-order valence-corrected chi connectivity index (χ2v) is 35.7. The first-order valence-corrected chi connectivity index (χ1v) is 35.1. The van der Waals surface area contributed by atoms with Crippen molar-refractivity contribution < 1.29 is 0 Å². The second-order valence-electron chi connectivity index (χ2n) is 35.7. The lowest BCUT2D eigenvalue weighted by Gasteiger charge is -2.37. The highest BCUT2D eigenvalue weighted by atomic mass is 14.7. The normalized spacial score (nSPS) is 16.0. The largest absolute Gasteiger partial charge is 0.261 e. The topological polar surface area (TPSA) is 12.9 Å². The Morgan fingerprint density at radius 1 is 0.357 bits per heavy atom. The fourth-order valence-corrected chi connectivity index (χ4v) is 10.2. The minimum atomic E-state index is 0.182. The molecule has 0 radical (unpaired) electrons. The fourth-order valence-electron chi connectivity index (χ4n) is 10.2. The van der Waals surface area contributed by atoms with E-state index in [0.717, 1.165) is 47.6 Å². The Bertz CT molecular complexity index is 1820. The summed E-state index contributed by atoms with van der Waals surface area (Å²) in [7, 11) is 0. The van der Waals surface area contributed by atoms with Crippen LogP contribution in [0.3, 0.4) is 0 Å². The van der Waals surface area contributed by atoms with Gasteiger partial charge < -0.3 is 0 Å². The van der Waals surface area contributed by atoms with Crippen LogP contribution in [-0.4, -0.2) is 4.98 Å². The quantitative estimate of drug-likeness (QED) is 0.249. The number of hydrogen-bond acceptors (Lipinski definition) is 1. The number of pyridine rings is 1. The number of rotatable bonds is 2. The molecule has 1 heterocycles. The molecule has 0 atom stereocenters. The van der Waals surface area contributed by atoms with Gasteiger partial charge in [-0.05, 0) is 166 Å². The van der Waals surface area contributed by atoms with Crippen LogP contribution in [-0.2, 0) is 17.3 Å². The van der Waals surface area contributed by atoms with E-state index in [9.17, 15) is 0 Å². The summed E-state index contributed by atoms with van der Waals surface area (Å²) in [5.41, 5.74) is 8.23. The highest BCUT2D eigenvalue weighted by molar-refractivity contribution is 5.22. The van der Waals surface area contributed by atoms with Gasteiger partial charge in [0.2, 0.25) is 0 Å². The van der Waals surface area contributed by atoms with Gasteiger partial charge in [-0.3, -0.25) is 4.98 Å². The predicted molar refractivity (Wildman–Crippen MR) is 390 cm³/mol. The number of benzene rings is 2. The fraction of sp³-hybridized carbons (Fsp3) is 0.795. The van der Waals surface area contributed by atoms with Crippen molar-refractivity contribution in [3.05, 3.63) is 102 Å². The molecule has 4 fully saturated rings. The third kappa shape index (κ3) is 51.6. The van der Waals surface area contributed by atoms with Crippen molar-refractivity contribution in [2.75, 3.05) is 0 Å². The molecule has 2 aromatic carbocycles. The van der Waals surface area contributed by atoms with E-state index in [1.807, 2.05) is 46.0 Å². The van der Waals surface area contributed by atoms with E-state index in [1.165, 1.54) is 107 Å².